The van der Waals surface area contributed by atoms with Crippen LogP contribution in [0.3, 0.4) is 0 Å². The van der Waals surface area contributed by atoms with Gasteiger partial charge in [-0.05, 0) is 19.9 Å². The summed E-state index contributed by atoms with van der Waals surface area (Å²) in [5.41, 5.74) is 0.601. The summed E-state index contributed by atoms with van der Waals surface area (Å²) >= 11 is 0. The lowest BCUT2D eigenvalue weighted by Gasteiger charge is -2.11. The Bertz CT molecular complexity index is 808. The third-order valence-corrected chi connectivity index (χ3v) is 3.28. The third kappa shape index (κ3) is 2.83. The fourth-order valence-electron chi connectivity index (χ4n) is 1.63. The van der Waals surface area contributed by atoms with Crippen molar-refractivity contribution in [2.75, 3.05) is 11.6 Å². The maximum atomic E-state index is 11.5. The highest BCUT2D eigenvalue weighted by molar-refractivity contribution is 7.90. The first-order valence-electron chi connectivity index (χ1n) is 5.85. The van der Waals surface area contributed by atoms with E-state index in [2.05, 4.69) is 20.3 Å². The van der Waals surface area contributed by atoms with E-state index in [4.69, 9.17) is 5.26 Å². The smallest absolute Gasteiger partial charge is 0.247 e. The lowest BCUT2D eigenvalue weighted by molar-refractivity contribution is 0.594. The highest BCUT2D eigenvalue weighted by Gasteiger charge is 2.15. The minimum Gasteiger partial charge on any atom is -0.366 e. The topological polar surface area (TPSA) is 109 Å². The van der Waals surface area contributed by atoms with Gasteiger partial charge in [0.15, 0.2) is 5.82 Å². The molecule has 0 saturated heterocycles. The van der Waals surface area contributed by atoms with Crippen LogP contribution in [0.2, 0.25) is 0 Å². The van der Waals surface area contributed by atoms with E-state index in [-0.39, 0.29) is 16.9 Å². The van der Waals surface area contributed by atoms with Gasteiger partial charge < -0.3 is 5.32 Å². The fraction of sp³-hybridized carbons (Fsp3) is 0.333. The molecule has 0 atom stereocenters. The van der Waals surface area contributed by atoms with Gasteiger partial charge in [0.25, 0.3) is 0 Å². The van der Waals surface area contributed by atoms with Gasteiger partial charge in [0.1, 0.15) is 17.3 Å². The van der Waals surface area contributed by atoms with Crippen LogP contribution < -0.4 is 5.32 Å². The summed E-state index contributed by atoms with van der Waals surface area (Å²) in [4.78, 5) is 12.0. The van der Waals surface area contributed by atoms with E-state index in [1.807, 2.05) is 19.9 Å². The molecule has 1 N–H and O–H groups in total. The zero-order valence-corrected chi connectivity index (χ0v) is 12.1. The largest absolute Gasteiger partial charge is 0.366 e. The molecule has 2 aromatic heterocycles. The summed E-state index contributed by atoms with van der Waals surface area (Å²) in [5.74, 6) is 0.376. The van der Waals surface area contributed by atoms with Crippen molar-refractivity contribution in [2.45, 2.75) is 25.0 Å². The van der Waals surface area contributed by atoms with Crippen LogP contribution in [0.25, 0.3) is 10.9 Å². The van der Waals surface area contributed by atoms with Crippen molar-refractivity contribution in [3.05, 3.63) is 18.0 Å². The first-order chi connectivity index (χ1) is 9.31. The summed E-state index contributed by atoms with van der Waals surface area (Å²) in [7, 11) is -3.50. The highest BCUT2D eigenvalue weighted by atomic mass is 32.2. The fourth-order valence-corrected chi connectivity index (χ4v) is 2.13. The maximum Gasteiger partial charge on any atom is 0.247 e. The second-order valence-electron chi connectivity index (χ2n) is 4.63. The van der Waals surface area contributed by atoms with E-state index in [1.165, 1.54) is 12.3 Å². The lowest BCUT2D eigenvalue weighted by atomic mass is 10.2. The molecule has 0 unspecified atom stereocenters. The van der Waals surface area contributed by atoms with E-state index in [0.717, 1.165) is 6.26 Å². The molecule has 7 nitrogen and oxygen atoms in total. The van der Waals surface area contributed by atoms with Crippen LogP contribution in [0.4, 0.5) is 5.82 Å². The monoisotopic (exact) mass is 291 g/mol. The van der Waals surface area contributed by atoms with Crippen LogP contribution in [0.1, 0.15) is 19.5 Å². The van der Waals surface area contributed by atoms with Crippen LogP contribution in [0.5, 0.6) is 0 Å². The van der Waals surface area contributed by atoms with E-state index in [0.29, 0.717) is 16.7 Å². The Morgan fingerprint density at radius 3 is 2.60 bits per heavy atom. The number of aromatic nitrogens is 3. The number of sulfone groups is 1. The number of pyridine rings is 1. The minimum absolute atomic E-state index is 0.0660. The molecule has 2 heterocycles. The second kappa shape index (κ2) is 5.02. The van der Waals surface area contributed by atoms with Gasteiger partial charge >= 0.3 is 0 Å². The molecule has 104 valence electrons. The second-order valence-corrected chi connectivity index (χ2v) is 6.54. The molecule has 0 spiro atoms. The van der Waals surface area contributed by atoms with E-state index in [1.54, 1.807) is 0 Å². The zero-order valence-electron chi connectivity index (χ0n) is 11.2. The van der Waals surface area contributed by atoms with E-state index < -0.39 is 9.84 Å². The molecule has 0 aliphatic carbocycles. The Morgan fingerprint density at radius 2 is 2.05 bits per heavy atom. The molecule has 20 heavy (non-hydrogen) atoms. The Morgan fingerprint density at radius 1 is 1.35 bits per heavy atom. The molecule has 0 aliphatic heterocycles. The molecular weight excluding hydrogens is 278 g/mol. The Hall–Kier alpha value is -2.27. The van der Waals surface area contributed by atoms with Gasteiger partial charge in [-0.3, -0.25) is 0 Å². The predicted octanol–water partition coefficient (Wildman–Crippen LogP) is 1.12. The van der Waals surface area contributed by atoms with Gasteiger partial charge in [0.2, 0.25) is 15.0 Å². The molecule has 0 fully saturated rings. The van der Waals surface area contributed by atoms with Crippen molar-refractivity contribution >= 4 is 26.6 Å². The summed E-state index contributed by atoms with van der Waals surface area (Å²) < 4.78 is 23.0. The number of fused-ring (bicyclic) bond motifs is 1. The number of nitrogens with zero attached hydrogens (tertiary/aromatic N) is 4. The van der Waals surface area contributed by atoms with Crippen LogP contribution >= 0.6 is 0 Å². The molecule has 2 rings (SSSR count). The first-order valence-corrected chi connectivity index (χ1v) is 7.75. The SMILES string of the molecule is CC(C)Nc1nc(C#N)cc2cnc(S(C)(=O)=O)nc12. The average Bonchev–Trinajstić information content (AvgIpc) is 2.36. The van der Waals surface area contributed by atoms with Gasteiger partial charge in [0.05, 0.1) is 0 Å². The molecule has 0 aliphatic rings. The van der Waals surface area contributed by atoms with Crippen molar-refractivity contribution < 1.29 is 8.42 Å². The van der Waals surface area contributed by atoms with Crippen molar-refractivity contribution in [1.29, 1.82) is 5.26 Å². The molecule has 0 bridgehead atoms. The molecule has 8 heteroatoms. The lowest BCUT2D eigenvalue weighted by Crippen LogP contribution is -2.13. The summed E-state index contributed by atoms with van der Waals surface area (Å²) in [6, 6.07) is 3.54. The maximum absolute atomic E-state index is 11.5. The molecular formula is C12H13N5O2S. The van der Waals surface area contributed by atoms with E-state index >= 15 is 0 Å². The summed E-state index contributed by atoms with van der Waals surface area (Å²) in [6.45, 7) is 3.82. The molecule has 2 aromatic rings. The van der Waals surface area contributed by atoms with Gasteiger partial charge in [-0.2, -0.15) is 5.26 Å². The van der Waals surface area contributed by atoms with Crippen molar-refractivity contribution in [3.8, 4) is 6.07 Å². The molecule has 0 amide bonds. The number of hydrogen-bond donors (Lipinski definition) is 1. The van der Waals surface area contributed by atoms with Gasteiger partial charge in [-0.25, -0.2) is 23.4 Å². The van der Waals surface area contributed by atoms with Gasteiger partial charge in [-0.1, -0.05) is 0 Å². The Balaban J connectivity index is 2.75. The Kier molecular flexibility index (Phi) is 3.55. The number of nitrogens with one attached hydrogen (secondary N) is 1. The van der Waals surface area contributed by atoms with Crippen molar-refractivity contribution in [1.82, 2.24) is 15.0 Å². The minimum atomic E-state index is -3.50. The van der Waals surface area contributed by atoms with E-state index in [9.17, 15) is 8.42 Å². The van der Waals surface area contributed by atoms with Crippen LogP contribution in [-0.2, 0) is 9.84 Å². The van der Waals surface area contributed by atoms with Crippen LogP contribution in [0, 0.1) is 11.3 Å². The number of anilines is 1. The Labute approximate surface area is 116 Å². The van der Waals surface area contributed by atoms with Crippen molar-refractivity contribution in [2.24, 2.45) is 0 Å². The van der Waals surface area contributed by atoms with Gasteiger partial charge in [-0.15, -0.1) is 0 Å². The average molecular weight is 291 g/mol. The predicted molar refractivity (Wildman–Crippen MR) is 73.9 cm³/mol. The van der Waals surface area contributed by atoms with Crippen LogP contribution in [0.15, 0.2) is 17.4 Å². The number of nitriles is 1. The summed E-state index contributed by atoms with van der Waals surface area (Å²) in [5, 5.41) is 12.3. The van der Waals surface area contributed by atoms with Crippen LogP contribution in [-0.4, -0.2) is 35.7 Å². The standard InChI is InChI=1S/C12H13N5O2S/c1-7(2)15-11-10-8(4-9(5-13)16-11)6-14-12(17-10)20(3,18)19/h4,6-7H,1-3H3,(H,15,16). The number of rotatable bonds is 3. The quantitative estimate of drug-likeness (QED) is 0.844. The molecule has 0 radical (unpaired) electrons. The van der Waals surface area contributed by atoms with Crippen molar-refractivity contribution in [3.63, 3.8) is 0 Å². The normalized spacial score (nSPS) is 11.6. The zero-order chi connectivity index (χ0) is 14.9. The molecule has 0 aromatic carbocycles. The van der Waals surface area contributed by atoms with Gasteiger partial charge in [0, 0.05) is 23.9 Å². The number of hydrogen-bond acceptors (Lipinski definition) is 7. The third-order valence-electron chi connectivity index (χ3n) is 2.42. The molecule has 0 saturated carbocycles. The first kappa shape index (κ1) is 14.1. The summed E-state index contributed by atoms with van der Waals surface area (Å²) in [6.07, 6.45) is 2.42. The highest BCUT2D eigenvalue weighted by Crippen LogP contribution is 2.21.